The minimum atomic E-state index is -1.03. The molecule has 1 rings (SSSR count). The first-order valence-electron chi connectivity index (χ1n) is 6.56. The maximum Gasteiger partial charge on any atom is 0.408 e. The third kappa shape index (κ3) is 6.04. The van der Waals surface area contributed by atoms with Gasteiger partial charge in [-0.25, -0.2) is 4.79 Å². The number of hydrogen-bond donors (Lipinski definition) is 2. The minimum Gasteiger partial charge on any atom is -0.481 e. The second-order valence-electron chi connectivity index (χ2n) is 5.82. The van der Waals surface area contributed by atoms with Gasteiger partial charge >= 0.3 is 12.1 Å². The summed E-state index contributed by atoms with van der Waals surface area (Å²) in [7, 11) is 0. The van der Waals surface area contributed by atoms with Crippen molar-refractivity contribution in [2.75, 3.05) is 0 Å². The van der Waals surface area contributed by atoms with Gasteiger partial charge in [-0.3, -0.25) is 4.79 Å². The summed E-state index contributed by atoms with van der Waals surface area (Å²) in [5.41, 5.74) is 0.847. The molecule has 0 aliphatic carbocycles. The number of nitrogens with one attached hydrogen (secondary N) is 1. The summed E-state index contributed by atoms with van der Waals surface area (Å²) >= 11 is 6.14. The lowest BCUT2D eigenvalue weighted by Crippen LogP contribution is -2.35. The Kier molecular flexibility index (Phi) is 5.61. The highest BCUT2D eigenvalue weighted by molar-refractivity contribution is 6.31. The van der Waals surface area contributed by atoms with Crippen LogP contribution in [0.2, 0.25) is 5.02 Å². The van der Waals surface area contributed by atoms with E-state index in [9.17, 15) is 9.59 Å². The second-order valence-corrected chi connectivity index (χ2v) is 6.23. The number of amides is 1. The zero-order valence-corrected chi connectivity index (χ0v) is 13.3. The van der Waals surface area contributed by atoms with E-state index in [1.165, 1.54) is 0 Å². The average Bonchev–Trinajstić information content (AvgIpc) is 2.24. The largest absolute Gasteiger partial charge is 0.481 e. The molecule has 6 heteroatoms. The number of carboxylic acid groups (broad SMARTS) is 1. The first-order valence-corrected chi connectivity index (χ1v) is 6.93. The molecular weight excluding hydrogens is 294 g/mol. The van der Waals surface area contributed by atoms with Gasteiger partial charge in [0.15, 0.2) is 0 Å². The summed E-state index contributed by atoms with van der Waals surface area (Å²) in [4.78, 5) is 22.8. The first-order chi connectivity index (χ1) is 9.58. The van der Waals surface area contributed by atoms with Crippen LogP contribution in [-0.2, 0) is 9.53 Å². The number of carbonyl (C=O) groups excluding carboxylic acids is 1. The number of carboxylic acids is 1. The highest BCUT2D eigenvalue weighted by Crippen LogP contribution is 2.26. The molecule has 0 aromatic heterocycles. The molecular formula is C15H20ClNO4. The zero-order chi connectivity index (χ0) is 16.2. The molecule has 0 heterocycles. The Hall–Kier alpha value is -1.75. The van der Waals surface area contributed by atoms with Gasteiger partial charge in [-0.15, -0.1) is 0 Å². The van der Waals surface area contributed by atoms with Gasteiger partial charge in [0.2, 0.25) is 0 Å². The third-order valence-electron chi connectivity index (χ3n) is 2.60. The van der Waals surface area contributed by atoms with Gasteiger partial charge in [0, 0.05) is 5.02 Å². The van der Waals surface area contributed by atoms with Crippen molar-refractivity contribution in [1.29, 1.82) is 0 Å². The van der Waals surface area contributed by atoms with E-state index in [1.807, 2.05) is 13.0 Å². The fraction of sp³-hybridized carbons (Fsp3) is 0.467. The van der Waals surface area contributed by atoms with Crippen molar-refractivity contribution in [1.82, 2.24) is 5.32 Å². The van der Waals surface area contributed by atoms with Crippen LogP contribution in [0.3, 0.4) is 0 Å². The monoisotopic (exact) mass is 313 g/mol. The summed E-state index contributed by atoms with van der Waals surface area (Å²) in [6, 6.07) is 4.50. The fourth-order valence-electron chi connectivity index (χ4n) is 1.78. The Morgan fingerprint density at radius 3 is 2.48 bits per heavy atom. The molecule has 0 aliphatic heterocycles. The van der Waals surface area contributed by atoms with E-state index in [1.54, 1.807) is 32.9 Å². The number of ether oxygens (including phenoxy) is 1. The van der Waals surface area contributed by atoms with E-state index in [4.69, 9.17) is 21.4 Å². The molecule has 0 bridgehead atoms. The highest BCUT2D eigenvalue weighted by Gasteiger charge is 2.23. The lowest BCUT2D eigenvalue weighted by atomic mass is 10.0. The summed E-state index contributed by atoms with van der Waals surface area (Å²) in [6.07, 6.45) is -0.951. The minimum absolute atomic E-state index is 0.276. The van der Waals surface area contributed by atoms with Crippen molar-refractivity contribution in [3.63, 3.8) is 0 Å². The van der Waals surface area contributed by atoms with Crippen molar-refractivity contribution < 1.29 is 19.4 Å². The zero-order valence-electron chi connectivity index (χ0n) is 12.6. The van der Waals surface area contributed by atoms with Crippen LogP contribution in [0.4, 0.5) is 4.79 Å². The summed E-state index contributed by atoms with van der Waals surface area (Å²) in [5, 5.41) is 12.0. The fourth-order valence-corrected chi connectivity index (χ4v) is 2.14. The molecule has 0 saturated heterocycles. The number of benzene rings is 1. The van der Waals surface area contributed by atoms with Gasteiger partial charge < -0.3 is 15.2 Å². The van der Waals surface area contributed by atoms with E-state index in [2.05, 4.69) is 5.32 Å². The molecule has 116 valence electrons. The van der Waals surface area contributed by atoms with E-state index in [0.717, 1.165) is 5.56 Å². The molecule has 21 heavy (non-hydrogen) atoms. The molecule has 1 aromatic carbocycles. The Balaban J connectivity index is 2.95. The van der Waals surface area contributed by atoms with Gasteiger partial charge in [-0.05, 0) is 44.9 Å². The van der Waals surface area contributed by atoms with Crippen molar-refractivity contribution in [3.8, 4) is 0 Å². The summed E-state index contributed by atoms with van der Waals surface area (Å²) in [5.74, 6) is -1.03. The van der Waals surface area contributed by atoms with Gasteiger partial charge in [-0.2, -0.15) is 0 Å². The molecule has 1 atom stereocenters. The van der Waals surface area contributed by atoms with E-state index < -0.39 is 23.7 Å². The third-order valence-corrected chi connectivity index (χ3v) is 2.93. The molecule has 0 fully saturated rings. The van der Waals surface area contributed by atoms with Gasteiger partial charge in [0.1, 0.15) is 5.60 Å². The Morgan fingerprint density at radius 2 is 2.00 bits per heavy atom. The quantitative estimate of drug-likeness (QED) is 0.889. The van der Waals surface area contributed by atoms with Crippen molar-refractivity contribution >= 4 is 23.7 Å². The smallest absolute Gasteiger partial charge is 0.408 e. The topological polar surface area (TPSA) is 75.6 Å². The molecule has 1 amide bonds. The maximum absolute atomic E-state index is 11.8. The van der Waals surface area contributed by atoms with Crippen molar-refractivity contribution in [2.24, 2.45) is 0 Å². The summed E-state index contributed by atoms with van der Waals surface area (Å²) in [6.45, 7) is 7.08. The molecule has 0 unspecified atom stereocenters. The lowest BCUT2D eigenvalue weighted by Gasteiger charge is -2.23. The normalized spacial score (nSPS) is 12.6. The van der Waals surface area contributed by atoms with Crippen LogP contribution in [0.15, 0.2) is 18.2 Å². The average molecular weight is 314 g/mol. The lowest BCUT2D eigenvalue weighted by molar-refractivity contribution is -0.137. The molecule has 2 N–H and O–H groups in total. The Bertz CT molecular complexity index is 537. The van der Waals surface area contributed by atoms with Crippen LogP contribution >= 0.6 is 11.6 Å². The number of alkyl carbamates (subject to hydrolysis) is 1. The number of halogens is 1. The van der Waals surface area contributed by atoms with Crippen LogP contribution in [0.5, 0.6) is 0 Å². The van der Waals surface area contributed by atoms with Crippen LogP contribution < -0.4 is 5.32 Å². The first kappa shape index (κ1) is 17.3. The van der Waals surface area contributed by atoms with Crippen LogP contribution in [-0.4, -0.2) is 22.8 Å². The van der Waals surface area contributed by atoms with Crippen LogP contribution in [0.1, 0.15) is 44.4 Å². The molecule has 1 aromatic rings. The maximum atomic E-state index is 11.8. The summed E-state index contributed by atoms with van der Waals surface area (Å²) < 4.78 is 5.15. The molecule has 5 nitrogen and oxygen atoms in total. The van der Waals surface area contributed by atoms with E-state index >= 15 is 0 Å². The van der Waals surface area contributed by atoms with Gasteiger partial charge in [0.25, 0.3) is 0 Å². The number of aryl methyl sites for hydroxylation is 1. The van der Waals surface area contributed by atoms with Gasteiger partial charge in [0.05, 0.1) is 12.5 Å². The number of hydrogen-bond acceptors (Lipinski definition) is 3. The molecule has 0 spiro atoms. The molecule has 0 radical (unpaired) electrons. The van der Waals surface area contributed by atoms with E-state index in [0.29, 0.717) is 10.6 Å². The van der Waals surface area contributed by atoms with Crippen molar-refractivity contribution in [3.05, 3.63) is 34.3 Å². The Morgan fingerprint density at radius 1 is 1.38 bits per heavy atom. The van der Waals surface area contributed by atoms with Crippen molar-refractivity contribution in [2.45, 2.75) is 45.8 Å². The van der Waals surface area contributed by atoms with E-state index in [-0.39, 0.29) is 6.42 Å². The highest BCUT2D eigenvalue weighted by atomic mass is 35.5. The molecule has 0 saturated carbocycles. The number of rotatable bonds is 4. The standard InChI is InChI=1S/C15H20ClNO4/c1-9-5-6-10(11(16)7-9)12(8-13(18)19)17-14(20)21-15(2,3)4/h5-7,12H,8H2,1-4H3,(H,17,20)(H,18,19)/t12-/m0/s1. The second kappa shape index (κ2) is 6.80. The SMILES string of the molecule is Cc1ccc([C@H](CC(=O)O)NC(=O)OC(C)(C)C)c(Cl)c1. The molecule has 0 aliphatic rings. The number of carbonyl (C=O) groups is 2. The number of aliphatic carboxylic acids is 1. The van der Waals surface area contributed by atoms with Gasteiger partial charge in [-0.1, -0.05) is 23.7 Å². The van der Waals surface area contributed by atoms with Crippen LogP contribution in [0.25, 0.3) is 0 Å². The van der Waals surface area contributed by atoms with Crippen LogP contribution in [0, 0.1) is 6.92 Å². The predicted molar refractivity (Wildman–Crippen MR) is 80.6 cm³/mol. The predicted octanol–water partition coefficient (Wildman–Crippen LogP) is 3.69. The Labute approximate surface area is 129 Å².